The summed E-state index contributed by atoms with van der Waals surface area (Å²) < 4.78 is 20.4. The van der Waals surface area contributed by atoms with E-state index in [-0.39, 0.29) is 22.4 Å². The first kappa shape index (κ1) is 14.2. The first-order valence-corrected chi connectivity index (χ1v) is 6.33. The highest BCUT2D eigenvalue weighted by atomic mass is 35.5. The summed E-state index contributed by atoms with van der Waals surface area (Å²) in [4.78, 5) is 21.6. The molecule has 1 aliphatic heterocycles. The van der Waals surface area contributed by atoms with E-state index in [1.54, 1.807) is 0 Å². The van der Waals surface area contributed by atoms with Gasteiger partial charge in [-0.25, -0.2) is 9.37 Å². The van der Waals surface area contributed by atoms with Gasteiger partial charge in [-0.05, 0) is 11.6 Å². The molecular formula is C10H11ClFN5O4. The molecule has 2 aromatic heterocycles. The molecule has 0 amide bonds. The van der Waals surface area contributed by atoms with Crippen LogP contribution in [0, 0.1) is 0 Å². The average Bonchev–Trinajstić information content (AvgIpc) is 2.89. The van der Waals surface area contributed by atoms with Crippen molar-refractivity contribution in [3.05, 3.63) is 15.6 Å². The molecule has 0 saturated carbocycles. The number of alkyl halides is 1. The second-order valence-electron chi connectivity index (χ2n) is 4.55. The van der Waals surface area contributed by atoms with Gasteiger partial charge in [-0.15, -0.1) is 0 Å². The highest BCUT2D eigenvalue weighted by molar-refractivity contribution is 6.28. The molecule has 0 aliphatic carbocycles. The topological polar surface area (TPSA) is 139 Å². The Labute approximate surface area is 121 Å². The van der Waals surface area contributed by atoms with Gasteiger partial charge < -0.3 is 20.7 Å². The zero-order chi connectivity index (χ0) is 15.3. The van der Waals surface area contributed by atoms with E-state index < -0.39 is 36.8 Å². The van der Waals surface area contributed by atoms with Crippen molar-refractivity contribution >= 4 is 28.7 Å². The quantitative estimate of drug-likeness (QED) is 0.517. The number of hydrogen-bond donors (Lipinski definition) is 4. The van der Waals surface area contributed by atoms with Crippen LogP contribution in [0.2, 0.25) is 5.28 Å². The number of imidazole rings is 1. The predicted molar refractivity (Wildman–Crippen MR) is 69.5 cm³/mol. The van der Waals surface area contributed by atoms with Crippen LogP contribution >= 0.6 is 11.6 Å². The lowest BCUT2D eigenvalue weighted by atomic mass is 10.1. The molecule has 4 atom stereocenters. The molecule has 9 nitrogen and oxygen atoms in total. The van der Waals surface area contributed by atoms with Crippen molar-refractivity contribution in [3.63, 3.8) is 0 Å². The lowest BCUT2D eigenvalue weighted by Crippen LogP contribution is -2.30. The van der Waals surface area contributed by atoms with Crippen molar-refractivity contribution < 1.29 is 19.3 Å². The number of nitrogen functional groups attached to an aromatic ring is 1. The number of aliphatic hydroxyl groups is 2. The SMILES string of the molecule is Nc1nc2c(=O)[nH]c(Cl)nc2n1[C@@H]1O[C@H](CO)[C@@H](O)[C@H]1F. The van der Waals surface area contributed by atoms with Crippen LogP contribution < -0.4 is 11.3 Å². The zero-order valence-corrected chi connectivity index (χ0v) is 11.2. The number of nitrogens with one attached hydrogen (secondary N) is 1. The number of hydrogen-bond acceptors (Lipinski definition) is 7. The maximum atomic E-state index is 14.2. The van der Waals surface area contributed by atoms with Crippen LogP contribution in [0.15, 0.2) is 4.79 Å². The maximum absolute atomic E-state index is 14.2. The van der Waals surface area contributed by atoms with Gasteiger partial charge in [0.1, 0.15) is 12.2 Å². The Morgan fingerprint density at radius 2 is 2.24 bits per heavy atom. The van der Waals surface area contributed by atoms with Gasteiger partial charge in [0, 0.05) is 0 Å². The number of aromatic amines is 1. The van der Waals surface area contributed by atoms with Crippen molar-refractivity contribution in [2.75, 3.05) is 12.3 Å². The summed E-state index contributed by atoms with van der Waals surface area (Å²) in [5.41, 5.74) is 4.84. The smallest absolute Gasteiger partial charge is 0.280 e. The molecule has 5 N–H and O–H groups in total. The fourth-order valence-electron chi connectivity index (χ4n) is 2.29. The monoisotopic (exact) mass is 319 g/mol. The number of aromatic nitrogens is 4. The van der Waals surface area contributed by atoms with Crippen LogP contribution in [-0.2, 0) is 4.74 Å². The van der Waals surface area contributed by atoms with Gasteiger partial charge >= 0.3 is 0 Å². The van der Waals surface area contributed by atoms with Crippen LogP contribution in [0.5, 0.6) is 0 Å². The molecule has 0 spiro atoms. The normalized spacial score (nSPS) is 29.3. The molecule has 114 valence electrons. The van der Waals surface area contributed by atoms with E-state index in [9.17, 15) is 14.3 Å². The van der Waals surface area contributed by atoms with Crippen LogP contribution in [-0.4, -0.2) is 54.7 Å². The molecule has 1 fully saturated rings. The summed E-state index contributed by atoms with van der Waals surface area (Å²) in [7, 11) is 0. The van der Waals surface area contributed by atoms with E-state index >= 15 is 0 Å². The van der Waals surface area contributed by atoms with E-state index in [2.05, 4.69) is 15.0 Å². The third-order valence-electron chi connectivity index (χ3n) is 3.28. The second kappa shape index (κ2) is 4.91. The predicted octanol–water partition coefficient (Wildman–Crippen LogP) is -1.06. The van der Waals surface area contributed by atoms with Gasteiger partial charge in [-0.2, -0.15) is 4.98 Å². The number of aliphatic hydroxyl groups excluding tert-OH is 2. The van der Waals surface area contributed by atoms with Crippen molar-refractivity contribution in [1.82, 2.24) is 19.5 Å². The molecule has 0 unspecified atom stereocenters. The molecule has 3 heterocycles. The Morgan fingerprint density at radius 1 is 1.52 bits per heavy atom. The highest BCUT2D eigenvalue weighted by Crippen LogP contribution is 2.34. The van der Waals surface area contributed by atoms with Gasteiger partial charge in [0.25, 0.3) is 5.56 Å². The van der Waals surface area contributed by atoms with Crippen molar-refractivity contribution in [3.8, 4) is 0 Å². The Kier molecular flexibility index (Phi) is 3.32. The van der Waals surface area contributed by atoms with E-state index in [1.807, 2.05) is 0 Å². The molecule has 21 heavy (non-hydrogen) atoms. The van der Waals surface area contributed by atoms with Crippen molar-refractivity contribution in [2.24, 2.45) is 0 Å². The lowest BCUT2D eigenvalue weighted by Gasteiger charge is -2.16. The molecular weight excluding hydrogens is 309 g/mol. The fourth-order valence-corrected chi connectivity index (χ4v) is 2.45. The van der Waals surface area contributed by atoms with E-state index in [0.29, 0.717) is 0 Å². The van der Waals surface area contributed by atoms with E-state index in [0.717, 1.165) is 4.57 Å². The van der Waals surface area contributed by atoms with Gasteiger partial charge in [-0.3, -0.25) is 14.3 Å². The minimum absolute atomic E-state index is 0.0697. The number of fused-ring (bicyclic) bond motifs is 1. The Bertz CT molecular complexity index is 749. The molecule has 0 aromatic carbocycles. The Hall–Kier alpha value is -1.75. The number of H-pyrrole nitrogens is 1. The van der Waals surface area contributed by atoms with Crippen LogP contribution in [0.25, 0.3) is 11.2 Å². The largest absolute Gasteiger partial charge is 0.394 e. The minimum Gasteiger partial charge on any atom is -0.394 e. The number of rotatable bonds is 2. The van der Waals surface area contributed by atoms with Crippen LogP contribution in [0.1, 0.15) is 6.23 Å². The number of anilines is 1. The summed E-state index contributed by atoms with van der Waals surface area (Å²) in [5, 5.41) is 18.5. The molecule has 0 bridgehead atoms. The molecule has 11 heteroatoms. The van der Waals surface area contributed by atoms with Crippen molar-refractivity contribution in [2.45, 2.75) is 24.6 Å². The molecule has 0 radical (unpaired) electrons. The van der Waals surface area contributed by atoms with Gasteiger partial charge in [0.05, 0.1) is 6.61 Å². The van der Waals surface area contributed by atoms with Gasteiger partial charge in [0.2, 0.25) is 11.2 Å². The number of nitrogens with two attached hydrogens (primary N) is 1. The van der Waals surface area contributed by atoms with Crippen molar-refractivity contribution in [1.29, 1.82) is 0 Å². The maximum Gasteiger partial charge on any atom is 0.280 e. The molecule has 1 aliphatic rings. The minimum atomic E-state index is -1.87. The second-order valence-corrected chi connectivity index (χ2v) is 4.91. The Morgan fingerprint density at radius 3 is 2.86 bits per heavy atom. The first-order valence-electron chi connectivity index (χ1n) is 5.95. The summed E-state index contributed by atoms with van der Waals surface area (Å²) in [6.07, 6.45) is -5.89. The van der Waals surface area contributed by atoms with E-state index in [4.69, 9.17) is 27.2 Å². The highest BCUT2D eigenvalue weighted by Gasteiger charge is 2.46. The van der Waals surface area contributed by atoms with Crippen LogP contribution in [0.4, 0.5) is 10.3 Å². The summed E-state index contributed by atoms with van der Waals surface area (Å²) >= 11 is 5.66. The third-order valence-corrected chi connectivity index (χ3v) is 3.46. The third kappa shape index (κ3) is 2.07. The number of nitrogens with zero attached hydrogens (tertiary/aromatic N) is 3. The summed E-state index contributed by atoms with van der Waals surface area (Å²) in [6.45, 7) is -0.570. The molecule has 2 aromatic rings. The van der Waals surface area contributed by atoms with Gasteiger partial charge in [0.15, 0.2) is 23.6 Å². The lowest BCUT2D eigenvalue weighted by molar-refractivity contribution is -0.0451. The first-order chi connectivity index (χ1) is 9.93. The number of ether oxygens (including phenoxy) is 1. The molecule has 1 saturated heterocycles. The summed E-state index contributed by atoms with van der Waals surface area (Å²) in [5.74, 6) is -0.219. The van der Waals surface area contributed by atoms with Crippen LogP contribution in [0.3, 0.4) is 0 Å². The summed E-state index contributed by atoms with van der Waals surface area (Å²) in [6, 6.07) is 0. The Balaban J connectivity index is 2.17. The van der Waals surface area contributed by atoms with Gasteiger partial charge in [-0.1, -0.05) is 0 Å². The number of halogens is 2. The fraction of sp³-hybridized carbons (Fsp3) is 0.500. The average molecular weight is 320 g/mol. The molecule has 3 rings (SSSR count). The zero-order valence-electron chi connectivity index (χ0n) is 10.4. The van der Waals surface area contributed by atoms with E-state index in [1.165, 1.54) is 0 Å². The standard InChI is InChI=1S/C10H11ClFN5O4/c11-9-15-6-4(7(20)16-9)14-10(13)17(6)8-3(12)5(19)2(1-18)21-8/h2-3,5,8,18-19H,1H2,(H2,13,14)(H,15,16,20)/t2-,3-,5-,8-/m1/s1.